The van der Waals surface area contributed by atoms with Crippen molar-refractivity contribution in [2.45, 2.75) is 32.1 Å². The first-order valence-corrected chi connectivity index (χ1v) is 7.82. The first-order chi connectivity index (χ1) is 9.66. The Bertz CT molecular complexity index is 670. The molecule has 0 saturated heterocycles. The van der Waals surface area contributed by atoms with Crippen molar-refractivity contribution in [1.82, 2.24) is 0 Å². The summed E-state index contributed by atoms with van der Waals surface area (Å²) >= 11 is 0. The number of hydrogen-bond donors (Lipinski definition) is 2. The minimum atomic E-state index is -3.99. The fourth-order valence-electron chi connectivity index (χ4n) is 1.49. The average molecular weight is 314 g/mol. The van der Waals surface area contributed by atoms with Crippen LogP contribution in [0.1, 0.15) is 27.2 Å². The minimum absolute atomic E-state index is 0.107. The second-order valence-electron chi connectivity index (χ2n) is 4.66. The number of benzene rings is 1. The Labute approximate surface area is 123 Å². The molecule has 0 unspecified atom stereocenters. The lowest BCUT2D eigenvalue weighted by molar-refractivity contribution is -0.384. The van der Waals surface area contributed by atoms with Gasteiger partial charge in [0.1, 0.15) is 5.69 Å². The maximum atomic E-state index is 11.2. The molecule has 0 amide bonds. The van der Waals surface area contributed by atoms with E-state index in [-0.39, 0.29) is 16.5 Å². The van der Waals surface area contributed by atoms with Gasteiger partial charge in [-0.05, 0) is 31.4 Å². The Morgan fingerprint density at radius 2 is 2.14 bits per heavy atom. The lowest BCUT2D eigenvalue weighted by Crippen LogP contribution is -2.13. The smallest absolute Gasteiger partial charge is 0.272 e. The van der Waals surface area contributed by atoms with E-state index >= 15 is 0 Å². The van der Waals surface area contributed by atoms with Crippen molar-refractivity contribution in [2.75, 3.05) is 5.43 Å². The summed E-state index contributed by atoms with van der Waals surface area (Å²) in [6.07, 6.45) is 0.892. The lowest BCUT2D eigenvalue weighted by atomic mass is 10.1. The molecule has 0 aliphatic heterocycles. The fourth-order valence-corrected chi connectivity index (χ4v) is 2.02. The fraction of sp³-hybridized carbons (Fsp3) is 0.417. The quantitative estimate of drug-likeness (QED) is 0.472. The number of nitro groups is 1. The van der Waals surface area contributed by atoms with Crippen molar-refractivity contribution in [3.05, 3.63) is 28.3 Å². The van der Waals surface area contributed by atoms with E-state index in [1.807, 2.05) is 20.8 Å². The number of primary sulfonamides is 1. The highest BCUT2D eigenvalue weighted by molar-refractivity contribution is 7.89. The third kappa shape index (κ3) is 4.50. The summed E-state index contributed by atoms with van der Waals surface area (Å²) in [4.78, 5) is 10.0. The van der Waals surface area contributed by atoms with Gasteiger partial charge in [0, 0.05) is 11.8 Å². The van der Waals surface area contributed by atoms with Gasteiger partial charge in [-0.3, -0.25) is 15.5 Å². The van der Waals surface area contributed by atoms with Gasteiger partial charge < -0.3 is 0 Å². The summed E-state index contributed by atoms with van der Waals surface area (Å²) in [5.41, 5.74) is 3.10. The molecular weight excluding hydrogens is 296 g/mol. The maximum Gasteiger partial charge on any atom is 0.295 e. The van der Waals surface area contributed by atoms with Gasteiger partial charge in [0.25, 0.3) is 5.69 Å². The molecule has 0 heterocycles. The molecule has 0 fully saturated rings. The number of hydrogen-bond acceptors (Lipinski definition) is 6. The molecule has 21 heavy (non-hydrogen) atoms. The van der Waals surface area contributed by atoms with Crippen LogP contribution in [0.2, 0.25) is 0 Å². The topological polar surface area (TPSA) is 128 Å². The lowest BCUT2D eigenvalue weighted by Gasteiger charge is -2.09. The number of nitro benzene ring substituents is 1. The van der Waals surface area contributed by atoms with Crippen LogP contribution in [-0.2, 0) is 10.0 Å². The zero-order valence-corrected chi connectivity index (χ0v) is 12.8. The summed E-state index contributed by atoms with van der Waals surface area (Å²) in [5.74, 6) is 0.236. The van der Waals surface area contributed by atoms with Gasteiger partial charge in [0.2, 0.25) is 10.0 Å². The van der Waals surface area contributed by atoms with Gasteiger partial charge in [-0.25, -0.2) is 13.6 Å². The second-order valence-corrected chi connectivity index (χ2v) is 6.22. The zero-order chi connectivity index (χ0) is 16.2. The Morgan fingerprint density at radius 1 is 1.52 bits per heavy atom. The first kappa shape index (κ1) is 17.1. The number of hydrazone groups is 1. The Morgan fingerprint density at radius 3 is 2.62 bits per heavy atom. The zero-order valence-electron chi connectivity index (χ0n) is 12.0. The highest BCUT2D eigenvalue weighted by Crippen LogP contribution is 2.27. The number of nitrogens with zero attached hydrogens (tertiary/aromatic N) is 2. The highest BCUT2D eigenvalue weighted by atomic mass is 32.2. The Balaban J connectivity index is 3.17. The van der Waals surface area contributed by atoms with Crippen molar-refractivity contribution < 1.29 is 13.3 Å². The van der Waals surface area contributed by atoms with Crippen molar-refractivity contribution >= 4 is 27.1 Å². The molecular formula is C12H18N4O4S. The predicted octanol–water partition coefficient (Wildman–Crippen LogP) is 2.08. The molecule has 1 atom stereocenters. The van der Waals surface area contributed by atoms with Crippen molar-refractivity contribution in [1.29, 1.82) is 0 Å². The number of nitrogens with two attached hydrogens (primary N) is 1. The van der Waals surface area contributed by atoms with Crippen LogP contribution in [0.15, 0.2) is 28.2 Å². The SMILES string of the molecule is CC[C@H](C)/C(C)=N\Nc1ccc(S(N)(=O)=O)cc1[N+](=O)[O-]. The van der Waals surface area contributed by atoms with E-state index in [1.54, 1.807) is 0 Å². The molecule has 3 N–H and O–H groups in total. The van der Waals surface area contributed by atoms with Gasteiger partial charge in [0.05, 0.1) is 9.82 Å². The summed E-state index contributed by atoms with van der Waals surface area (Å²) in [6, 6.07) is 3.37. The van der Waals surface area contributed by atoms with Crippen LogP contribution >= 0.6 is 0 Å². The maximum absolute atomic E-state index is 11.2. The standard InChI is InChI=1S/C12H18N4O4S/c1-4-8(2)9(3)14-15-11-6-5-10(21(13,19)20)7-12(11)16(17)18/h5-8,15H,4H2,1-3H3,(H2,13,19,20)/b14-9-/t8-/m0/s1. The van der Waals surface area contributed by atoms with Crippen LogP contribution < -0.4 is 10.6 Å². The third-order valence-corrected chi connectivity index (χ3v) is 4.08. The molecule has 1 rings (SSSR count). The second kappa shape index (κ2) is 6.64. The molecule has 1 aromatic rings. The van der Waals surface area contributed by atoms with Crippen LogP contribution in [0.4, 0.5) is 11.4 Å². The predicted molar refractivity (Wildman–Crippen MR) is 80.7 cm³/mol. The summed E-state index contributed by atoms with van der Waals surface area (Å²) < 4.78 is 22.4. The molecule has 0 bridgehead atoms. The largest absolute Gasteiger partial charge is 0.295 e. The molecule has 1 aromatic carbocycles. The molecule has 0 radical (unpaired) electrons. The van der Waals surface area contributed by atoms with Gasteiger partial charge in [-0.1, -0.05) is 13.8 Å². The Hall–Kier alpha value is -2.00. The van der Waals surface area contributed by atoms with E-state index < -0.39 is 20.6 Å². The highest BCUT2D eigenvalue weighted by Gasteiger charge is 2.19. The Kier molecular flexibility index (Phi) is 5.39. The number of rotatable bonds is 6. The van der Waals surface area contributed by atoms with E-state index in [0.717, 1.165) is 18.2 Å². The van der Waals surface area contributed by atoms with Crippen LogP contribution in [0.25, 0.3) is 0 Å². The number of sulfonamides is 1. The van der Waals surface area contributed by atoms with Crippen LogP contribution in [0.5, 0.6) is 0 Å². The van der Waals surface area contributed by atoms with Gasteiger partial charge in [-0.15, -0.1) is 0 Å². The van der Waals surface area contributed by atoms with Gasteiger partial charge in [0.15, 0.2) is 0 Å². The van der Waals surface area contributed by atoms with Crippen LogP contribution in [0, 0.1) is 16.0 Å². The molecule has 116 valence electrons. The molecule has 0 saturated carbocycles. The van der Waals surface area contributed by atoms with E-state index in [4.69, 9.17) is 5.14 Å². The summed E-state index contributed by atoms with van der Waals surface area (Å²) in [6.45, 7) is 5.80. The van der Waals surface area contributed by atoms with E-state index in [2.05, 4.69) is 10.5 Å². The van der Waals surface area contributed by atoms with E-state index in [9.17, 15) is 18.5 Å². The normalized spacial score (nSPS) is 13.8. The van der Waals surface area contributed by atoms with Crippen molar-refractivity contribution in [3.8, 4) is 0 Å². The number of nitrogens with one attached hydrogen (secondary N) is 1. The number of anilines is 1. The van der Waals surface area contributed by atoms with E-state index in [0.29, 0.717) is 0 Å². The molecule has 0 aromatic heterocycles. The van der Waals surface area contributed by atoms with Crippen molar-refractivity contribution in [3.63, 3.8) is 0 Å². The van der Waals surface area contributed by atoms with Crippen LogP contribution in [0.3, 0.4) is 0 Å². The van der Waals surface area contributed by atoms with Crippen molar-refractivity contribution in [2.24, 2.45) is 16.2 Å². The van der Waals surface area contributed by atoms with Crippen LogP contribution in [-0.4, -0.2) is 19.1 Å². The molecule has 0 spiro atoms. The summed E-state index contributed by atoms with van der Waals surface area (Å²) in [7, 11) is -3.99. The minimum Gasteiger partial charge on any atom is -0.272 e. The molecule has 9 heteroatoms. The van der Waals surface area contributed by atoms with Gasteiger partial charge >= 0.3 is 0 Å². The van der Waals surface area contributed by atoms with Gasteiger partial charge in [-0.2, -0.15) is 5.10 Å². The molecule has 0 aliphatic carbocycles. The monoisotopic (exact) mass is 314 g/mol. The first-order valence-electron chi connectivity index (χ1n) is 6.28. The van der Waals surface area contributed by atoms with E-state index in [1.165, 1.54) is 12.1 Å². The average Bonchev–Trinajstić information content (AvgIpc) is 2.42. The molecule has 8 nitrogen and oxygen atoms in total. The summed E-state index contributed by atoms with van der Waals surface area (Å²) in [5, 5.41) is 20.1. The third-order valence-electron chi connectivity index (χ3n) is 3.17. The molecule has 0 aliphatic rings.